The van der Waals surface area contributed by atoms with Crippen LogP contribution in [-0.4, -0.2) is 5.97 Å². The lowest BCUT2D eigenvalue weighted by molar-refractivity contribution is 0.0754. The van der Waals surface area contributed by atoms with Crippen LogP contribution in [-0.2, 0) is 0 Å². The highest BCUT2D eigenvalue weighted by Crippen LogP contribution is 2.34. The van der Waals surface area contributed by atoms with E-state index in [1.165, 1.54) is 0 Å². The monoisotopic (exact) mass is 162 g/mol. The molecule has 0 aliphatic carbocycles. The molecular weight excluding hydrogens is 152 g/mol. The number of carbonyl (C=O) groups is 1. The Balaban J connectivity index is 2.81. The Morgan fingerprint density at radius 2 is 1.83 bits per heavy atom. The number of benzene rings is 1. The quantitative estimate of drug-likeness (QED) is 0.546. The molecule has 1 aromatic carbocycles. The van der Waals surface area contributed by atoms with Gasteiger partial charge in [-0.1, -0.05) is 0 Å². The predicted molar refractivity (Wildman–Crippen MR) is 45.6 cm³/mol. The van der Waals surface area contributed by atoms with Crippen LogP contribution >= 0.6 is 0 Å². The van der Waals surface area contributed by atoms with Crippen molar-refractivity contribution >= 4 is 5.97 Å². The minimum Gasteiger partial charge on any atom is -0.422 e. The van der Waals surface area contributed by atoms with Gasteiger partial charge in [0.05, 0.1) is 5.56 Å². The van der Waals surface area contributed by atoms with Gasteiger partial charge in [-0.15, -0.1) is 0 Å². The van der Waals surface area contributed by atoms with Gasteiger partial charge in [-0.05, 0) is 38.0 Å². The number of rotatable bonds is 0. The molecule has 2 bridgehead atoms. The van der Waals surface area contributed by atoms with Crippen molar-refractivity contribution in [2.75, 3.05) is 0 Å². The zero-order chi connectivity index (χ0) is 8.88. The van der Waals surface area contributed by atoms with E-state index in [2.05, 4.69) is 0 Å². The molecule has 2 rings (SSSR count). The number of aryl methyl sites for hydroxylation is 1. The first-order valence-electron chi connectivity index (χ1n) is 3.94. The first-order chi connectivity index (χ1) is 5.61. The molecular formula is C10H10O2. The summed E-state index contributed by atoms with van der Waals surface area (Å²) >= 11 is 0. The zero-order valence-corrected chi connectivity index (χ0v) is 7.39. The van der Waals surface area contributed by atoms with Crippen molar-refractivity contribution < 1.29 is 9.53 Å². The number of esters is 1. The fourth-order valence-corrected chi connectivity index (χ4v) is 1.53. The SMILES string of the molecule is Cc1cc2c(C)c(c1C)OC2=O. The second-order valence-electron chi connectivity index (χ2n) is 3.21. The standard InChI is InChI=1S/C10H10O2/c1-5-4-8-7(3)9(6(5)2)12-10(8)11/h4H,1-3H3. The summed E-state index contributed by atoms with van der Waals surface area (Å²) in [6.45, 7) is 5.88. The largest absolute Gasteiger partial charge is 0.422 e. The van der Waals surface area contributed by atoms with Crippen molar-refractivity contribution in [1.29, 1.82) is 0 Å². The van der Waals surface area contributed by atoms with Crippen LogP contribution in [0.1, 0.15) is 27.0 Å². The summed E-state index contributed by atoms with van der Waals surface area (Å²) in [4.78, 5) is 11.2. The van der Waals surface area contributed by atoms with E-state index >= 15 is 0 Å². The Labute approximate surface area is 71.2 Å². The molecule has 1 aromatic rings. The Hall–Kier alpha value is -1.31. The first kappa shape index (κ1) is 7.35. The molecule has 1 aliphatic rings. The summed E-state index contributed by atoms with van der Waals surface area (Å²) in [6.07, 6.45) is 0. The molecule has 12 heavy (non-hydrogen) atoms. The van der Waals surface area contributed by atoms with Crippen molar-refractivity contribution in [3.8, 4) is 5.75 Å². The van der Waals surface area contributed by atoms with E-state index in [1.54, 1.807) is 0 Å². The minimum absolute atomic E-state index is 0.210. The van der Waals surface area contributed by atoms with Gasteiger partial charge < -0.3 is 4.74 Å². The van der Waals surface area contributed by atoms with E-state index in [4.69, 9.17) is 4.74 Å². The maximum atomic E-state index is 11.2. The summed E-state index contributed by atoms with van der Waals surface area (Å²) in [5.74, 6) is 0.550. The number of hydrogen-bond acceptors (Lipinski definition) is 2. The van der Waals surface area contributed by atoms with E-state index in [-0.39, 0.29) is 5.97 Å². The molecule has 0 saturated heterocycles. The molecule has 0 atom stereocenters. The molecule has 0 aromatic heterocycles. The van der Waals surface area contributed by atoms with Gasteiger partial charge in [0.2, 0.25) is 0 Å². The molecule has 0 fully saturated rings. The van der Waals surface area contributed by atoms with Crippen molar-refractivity contribution in [1.82, 2.24) is 0 Å². The number of hydrogen-bond donors (Lipinski definition) is 0. The van der Waals surface area contributed by atoms with E-state index < -0.39 is 0 Å². The summed E-state index contributed by atoms with van der Waals surface area (Å²) in [5, 5.41) is 0. The van der Waals surface area contributed by atoms with Gasteiger partial charge in [0.15, 0.2) is 0 Å². The Morgan fingerprint density at radius 3 is 2.50 bits per heavy atom. The van der Waals surface area contributed by atoms with Gasteiger partial charge in [-0.2, -0.15) is 0 Å². The second kappa shape index (κ2) is 2.09. The van der Waals surface area contributed by atoms with Crippen molar-refractivity contribution in [3.63, 3.8) is 0 Å². The van der Waals surface area contributed by atoms with Crippen LogP contribution in [0, 0.1) is 20.8 Å². The molecule has 0 amide bonds. The van der Waals surface area contributed by atoms with Crippen LogP contribution in [0.15, 0.2) is 6.07 Å². The molecule has 0 N–H and O–H groups in total. The third-order valence-electron chi connectivity index (χ3n) is 2.45. The topological polar surface area (TPSA) is 26.3 Å². The Bertz CT molecular complexity index is 378. The molecule has 1 heterocycles. The second-order valence-corrected chi connectivity index (χ2v) is 3.21. The van der Waals surface area contributed by atoms with Gasteiger partial charge in [0.25, 0.3) is 0 Å². The van der Waals surface area contributed by atoms with Gasteiger partial charge in [-0.25, -0.2) is 4.79 Å². The fraction of sp³-hybridized carbons (Fsp3) is 0.300. The molecule has 0 saturated carbocycles. The van der Waals surface area contributed by atoms with Crippen molar-refractivity contribution in [2.45, 2.75) is 20.8 Å². The zero-order valence-electron chi connectivity index (χ0n) is 7.39. The number of ether oxygens (including phenoxy) is 1. The van der Waals surface area contributed by atoms with E-state index in [9.17, 15) is 4.79 Å². The van der Waals surface area contributed by atoms with Gasteiger partial charge in [0.1, 0.15) is 5.75 Å². The molecule has 0 unspecified atom stereocenters. The van der Waals surface area contributed by atoms with Crippen LogP contribution in [0.3, 0.4) is 0 Å². The lowest BCUT2D eigenvalue weighted by Gasteiger charge is -2.02. The van der Waals surface area contributed by atoms with Crippen LogP contribution in [0.4, 0.5) is 0 Å². The van der Waals surface area contributed by atoms with Crippen molar-refractivity contribution in [2.24, 2.45) is 0 Å². The van der Waals surface area contributed by atoms with Gasteiger partial charge in [-0.3, -0.25) is 0 Å². The van der Waals surface area contributed by atoms with Gasteiger partial charge >= 0.3 is 5.97 Å². The summed E-state index contributed by atoms with van der Waals surface area (Å²) < 4.78 is 5.09. The van der Waals surface area contributed by atoms with E-state index in [0.717, 1.165) is 22.4 Å². The average molecular weight is 162 g/mol. The van der Waals surface area contributed by atoms with E-state index in [1.807, 2.05) is 26.8 Å². The first-order valence-corrected chi connectivity index (χ1v) is 3.94. The lowest BCUT2D eigenvalue weighted by Crippen LogP contribution is -1.99. The molecule has 0 radical (unpaired) electrons. The van der Waals surface area contributed by atoms with Crippen LogP contribution in [0.2, 0.25) is 0 Å². The molecule has 62 valence electrons. The normalized spacial score (nSPS) is 13.4. The highest BCUT2D eigenvalue weighted by molar-refractivity contribution is 5.98. The Kier molecular flexibility index (Phi) is 1.28. The van der Waals surface area contributed by atoms with E-state index in [0.29, 0.717) is 5.56 Å². The third kappa shape index (κ3) is 0.721. The smallest absolute Gasteiger partial charge is 0.343 e. The molecule has 2 heteroatoms. The minimum atomic E-state index is -0.210. The number of carbonyl (C=O) groups excluding carboxylic acids is 1. The number of fused-ring (bicyclic) bond motifs is 2. The summed E-state index contributed by atoms with van der Waals surface area (Å²) in [6, 6.07) is 1.89. The summed E-state index contributed by atoms with van der Waals surface area (Å²) in [7, 11) is 0. The predicted octanol–water partition coefficient (Wildman–Crippen LogP) is 2.14. The Morgan fingerprint density at radius 1 is 1.17 bits per heavy atom. The highest BCUT2D eigenvalue weighted by atomic mass is 16.5. The van der Waals surface area contributed by atoms with Crippen molar-refractivity contribution in [3.05, 3.63) is 28.3 Å². The van der Waals surface area contributed by atoms with Crippen LogP contribution in [0.25, 0.3) is 0 Å². The third-order valence-corrected chi connectivity index (χ3v) is 2.45. The maximum absolute atomic E-state index is 11.2. The fourth-order valence-electron chi connectivity index (χ4n) is 1.53. The lowest BCUT2D eigenvalue weighted by atomic mass is 10.0. The van der Waals surface area contributed by atoms with Crippen LogP contribution < -0.4 is 4.74 Å². The summed E-state index contributed by atoms with van der Waals surface area (Å²) in [5.41, 5.74) is 3.88. The average Bonchev–Trinajstić information content (AvgIpc) is 2.23. The molecule has 2 nitrogen and oxygen atoms in total. The van der Waals surface area contributed by atoms with Gasteiger partial charge in [0, 0.05) is 5.56 Å². The molecule has 1 aliphatic heterocycles. The highest BCUT2D eigenvalue weighted by Gasteiger charge is 2.26. The van der Waals surface area contributed by atoms with Crippen LogP contribution in [0.5, 0.6) is 5.75 Å². The maximum Gasteiger partial charge on any atom is 0.343 e. The molecule has 0 spiro atoms.